The molecule has 0 radical (unpaired) electrons. The minimum atomic E-state index is 0.266. The molecule has 0 bridgehead atoms. The fourth-order valence-corrected chi connectivity index (χ4v) is 2.98. The van der Waals surface area contributed by atoms with Gasteiger partial charge in [0.15, 0.2) is 0 Å². The van der Waals surface area contributed by atoms with E-state index in [0.717, 1.165) is 12.2 Å². The Bertz CT molecular complexity index is 413. The summed E-state index contributed by atoms with van der Waals surface area (Å²) in [5.41, 5.74) is 2.88. The number of rotatable bonds is 3. The fourth-order valence-electron chi connectivity index (χ4n) is 2.98. The molecular formula is C15H19NO. The van der Waals surface area contributed by atoms with Crippen LogP contribution in [0.1, 0.15) is 24.8 Å². The van der Waals surface area contributed by atoms with E-state index in [2.05, 4.69) is 29.6 Å². The van der Waals surface area contributed by atoms with Crippen molar-refractivity contribution in [1.29, 1.82) is 0 Å². The van der Waals surface area contributed by atoms with Gasteiger partial charge in [0.1, 0.15) is 11.9 Å². The van der Waals surface area contributed by atoms with Gasteiger partial charge in [-0.05, 0) is 37.9 Å². The number of allylic oxidation sites excluding steroid dienone is 1. The molecular weight excluding hydrogens is 210 g/mol. The average Bonchev–Trinajstić information content (AvgIpc) is 2.98. The third-order valence-corrected chi connectivity index (χ3v) is 3.83. The fraction of sp³-hybridized carbons (Fsp3) is 0.467. The maximum Gasteiger partial charge on any atom is 0.123 e. The third-order valence-electron chi connectivity index (χ3n) is 3.83. The highest BCUT2D eigenvalue weighted by Gasteiger charge is 2.31. The summed E-state index contributed by atoms with van der Waals surface area (Å²) in [6.45, 7) is 0. The van der Waals surface area contributed by atoms with Crippen LogP contribution in [0.15, 0.2) is 35.9 Å². The van der Waals surface area contributed by atoms with Crippen molar-refractivity contribution in [2.45, 2.75) is 37.8 Å². The van der Waals surface area contributed by atoms with E-state index in [-0.39, 0.29) is 6.10 Å². The summed E-state index contributed by atoms with van der Waals surface area (Å²) in [5, 5.41) is 3.43. The van der Waals surface area contributed by atoms with Crippen LogP contribution in [0.2, 0.25) is 0 Å². The number of fused-ring (bicyclic) bond motifs is 1. The molecule has 1 heterocycles. The summed E-state index contributed by atoms with van der Waals surface area (Å²) >= 11 is 0. The molecule has 1 aromatic rings. The van der Waals surface area contributed by atoms with Crippen LogP contribution in [0.3, 0.4) is 0 Å². The first-order valence-electron chi connectivity index (χ1n) is 6.49. The van der Waals surface area contributed by atoms with Gasteiger partial charge in [0, 0.05) is 6.42 Å². The number of para-hydroxylation sites is 1. The number of hydrogen-bond donors (Lipinski definition) is 1. The lowest BCUT2D eigenvalue weighted by molar-refractivity contribution is 0.197. The Balaban J connectivity index is 1.78. The highest BCUT2D eigenvalue weighted by atomic mass is 16.5. The molecule has 1 aromatic carbocycles. The molecule has 0 amide bonds. The van der Waals surface area contributed by atoms with E-state index in [1.807, 2.05) is 13.1 Å². The predicted molar refractivity (Wildman–Crippen MR) is 69.3 cm³/mol. The Morgan fingerprint density at radius 1 is 1.35 bits per heavy atom. The summed E-state index contributed by atoms with van der Waals surface area (Å²) in [5.74, 6) is 1.07. The van der Waals surface area contributed by atoms with E-state index in [0.29, 0.717) is 6.04 Å². The van der Waals surface area contributed by atoms with Crippen LogP contribution in [0.5, 0.6) is 5.75 Å². The van der Waals surface area contributed by atoms with Crippen LogP contribution in [-0.2, 0) is 6.42 Å². The van der Waals surface area contributed by atoms with Crippen LogP contribution in [0.25, 0.3) is 0 Å². The first-order valence-corrected chi connectivity index (χ1v) is 6.49. The molecule has 2 nitrogen and oxygen atoms in total. The highest BCUT2D eigenvalue weighted by Crippen LogP contribution is 2.33. The van der Waals surface area contributed by atoms with Crippen molar-refractivity contribution in [2.24, 2.45) is 0 Å². The summed E-state index contributed by atoms with van der Waals surface area (Å²) in [7, 11) is 2.04. The first kappa shape index (κ1) is 10.8. The molecule has 1 aliphatic carbocycles. The van der Waals surface area contributed by atoms with Crippen LogP contribution in [-0.4, -0.2) is 19.2 Å². The largest absolute Gasteiger partial charge is 0.488 e. The van der Waals surface area contributed by atoms with Gasteiger partial charge in [-0.25, -0.2) is 0 Å². The van der Waals surface area contributed by atoms with Gasteiger partial charge >= 0.3 is 0 Å². The van der Waals surface area contributed by atoms with Gasteiger partial charge in [0.2, 0.25) is 0 Å². The smallest absolute Gasteiger partial charge is 0.123 e. The second kappa shape index (κ2) is 4.53. The van der Waals surface area contributed by atoms with E-state index in [4.69, 9.17) is 4.74 Å². The molecule has 2 aliphatic rings. The van der Waals surface area contributed by atoms with E-state index >= 15 is 0 Å². The molecule has 2 atom stereocenters. The topological polar surface area (TPSA) is 21.3 Å². The van der Waals surface area contributed by atoms with E-state index in [1.165, 1.54) is 30.4 Å². The molecule has 0 fully saturated rings. The van der Waals surface area contributed by atoms with Gasteiger partial charge < -0.3 is 10.1 Å². The molecule has 3 rings (SSSR count). The zero-order chi connectivity index (χ0) is 11.7. The molecule has 0 spiro atoms. The Kier molecular flexibility index (Phi) is 2.89. The van der Waals surface area contributed by atoms with Gasteiger partial charge in [0.05, 0.1) is 6.04 Å². The quantitative estimate of drug-likeness (QED) is 0.805. The van der Waals surface area contributed by atoms with Crippen LogP contribution < -0.4 is 10.1 Å². The monoisotopic (exact) mass is 229 g/mol. The second-order valence-corrected chi connectivity index (χ2v) is 4.91. The minimum absolute atomic E-state index is 0.266. The average molecular weight is 229 g/mol. The summed E-state index contributed by atoms with van der Waals surface area (Å²) in [6, 6.07) is 8.76. The highest BCUT2D eigenvalue weighted by molar-refractivity contribution is 5.38. The van der Waals surface area contributed by atoms with Gasteiger partial charge in [-0.1, -0.05) is 29.8 Å². The van der Waals surface area contributed by atoms with Crippen molar-refractivity contribution >= 4 is 0 Å². The maximum absolute atomic E-state index is 6.07. The molecule has 0 saturated heterocycles. The number of benzene rings is 1. The molecule has 1 aliphatic heterocycles. The van der Waals surface area contributed by atoms with E-state index in [9.17, 15) is 0 Å². The van der Waals surface area contributed by atoms with Crippen molar-refractivity contribution < 1.29 is 4.74 Å². The van der Waals surface area contributed by atoms with Crippen LogP contribution >= 0.6 is 0 Å². The van der Waals surface area contributed by atoms with Crippen LogP contribution in [0, 0.1) is 0 Å². The lowest BCUT2D eigenvalue weighted by Gasteiger charge is -2.24. The lowest BCUT2D eigenvalue weighted by atomic mass is 9.97. The molecule has 17 heavy (non-hydrogen) atoms. The lowest BCUT2D eigenvalue weighted by Crippen LogP contribution is -2.41. The molecule has 90 valence electrons. The third kappa shape index (κ3) is 1.98. The van der Waals surface area contributed by atoms with Crippen molar-refractivity contribution in [2.75, 3.05) is 7.05 Å². The standard InChI is InChI=1S/C15H19NO/c1-16-15(11-6-2-3-7-11)14-10-12-8-4-5-9-13(12)17-14/h4-6,8-9,14-16H,2-3,7,10H2,1H3. The summed E-state index contributed by atoms with van der Waals surface area (Å²) in [6.07, 6.45) is 7.43. The molecule has 1 N–H and O–H groups in total. The van der Waals surface area contributed by atoms with Gasteiger partial charge in [-0.3, -0.25) is 0 Å². The maximum atomic E-state index is 6.07. The number of nitrogens with one attached hydrogen (secondary N) is 1. The van der Waals surface area contributed by atoms with Crippen molar-refractivity contribution in [1.82, 2.24) is 5.32 Å². The zero-order valence-corrected chi connectivity index (χ0v) is 10.3. The number of ether oxygens (including phenoxy) is 1. The normalized spacial score (nSPS) is 24.1. The Hall–Kier alpha value is -1.28. The van der Waals surface area contributed by atoms with E-state index in [1.54, 1.807) is 0 Å². The molecule has 2 unspecified atom stereocenters. The van der Waals surface area contributed by atoms with Crippen molar-refractivity contribution in [3.63, 3.8) is 0 Å². The second-order valence-electron chi connectivity index (χ2n) is 4.91. The van der Waals surface area contributed by atoms with Gasteiger partial charge in [-0.15, -0.1) is 0 Å². The Morgan fingerprint density at radius 2 is 2.24 bits per heavy atom. The van der Waals surface area contributed by atoms with Crippen molar-refractivity contribution in [3.8, 4) is 5.75 Å². The summed E-state index contributed by atoms with van der Waals surface area (Å²) < 4.78 is 6.07. The Labute approximate surface area is 103 Å². The zero-order valence-electron chi connectivity index (χ0n) is 10.3. The van der Waals surface area contributed by atoms with Crippen LogP contribution in [0.4, 0.5) is 0 Å². The Morgan fingerprint density at radius 3 is 2.94 bits per heavy atom. The van der Waals surface area contributed by atoms with Gasteiger partial charge in [-0.2, -0.15) is 0 Å². The molecule has 0 aromatic heterocycles. The molecule has 0 saturated carbocycles. The SMILES string of the molecule is CNC(C1=CCCC1)C1Cc2ccccc2O1. The van der Waals surface area contributed by atoms with Crippen molar-refractivity contribution in [3.05, 3.63) is 41.5 Å². The van der Waals surface area contributed by atoms with E-state index < -0.39 is 0 Å². The summed E-state index contributed by atoms with van der Waals surface area (Å²) in [4.78, 5) is 0. The predicted octanol–water partition coefficient (Wildman–Crippen LogP) is 2.69. The first-order chi connectivity index (χ1) is 8.38. The number of hydrogen-bond acceptors (Lipinski definition) is 2. The number of likely N-dealkylation sites (N-methyl/N-ethyl adjacent to an activating group) is 1. The molecule has 2 heteroatoms. The van der Waals surface area contributed by atoms with Gasteiger partial charge in [0.25, 0.3) is 0 Å². The minimum Gasteiger partial charge on any atom is -0.488 e.